The smallest absolute Gasteiger partial charge is 0.251 e. The van der Waals surface area contributed by atoms with Crippen molar-refractivity contribution in [1.82, 2.24) is 10.6 Å². The summed E-state index contributed by atoms with van der Waals surface area (Å²) in [6, 6.07) is 40.4. The van der Waals surface area contributed by atoms with E-state index in [2.05, 4.69) is 49.6 Å². The lowest BCUT2D eigenvalue weighted by Crippen LogP contribution is -2.20. The maximum Gasteiger partial charge on any atom is 0.251 e. The van der Waals surface area contributed by atoms with Crippen molar-refractivity contribution in [2.45, 2.75) is 51.2 Å². The zero-order valence-electron chi connectivity index (χ0n) is 39.1. The molecule has 4 aliphatic heterocycles. The number of amides is 6. The van der Waals surface area contributed by atoms with Gasteiger partial charge in [-0.3, -0.25) is 28.8 Å². The van der Waals surface area contributed by atoms with Crippen LogP contribution in [0.2, 0.25) is 0 Å². The number of nitrogens with zero attached hydrogens (tertiary/aromatic N) is 3. The Labute approximate surface area is 406 Å². The van der Waals surface area contributed by atoms with Gasteiger partial charge < -0.3 is 48.3 Å². The molecule has 1 saturated heterocycles. The van der Waals surface area contributed by atoms with E-state index in [0.29, 0.717) is 40.2 Å². The zero-order chi connectivity index (χ0) is 49.5. The largest absolute Gasteiger partial charge is 0.367 e. The molecule has 4 heterocycles. The van der Waals surface area contributed by atoms with Gasteiger partial charge in [-0.1, -0.05) is 48.5 Å². The minimum Gasteiger partial charge on any atom is -0.367 e. The summed E-state index contributed by atoms with van der Waals surface area (Å²) in [5, 5.41) is 5.50. The van der Waals surface area contributed by atoms with Crippen molar-refractivity contribution in [2.75, 3.05) is 47.9 Å². The van der Waals surface area contributed by atoms with E-state index in [1.165, 1.54) is 22.4 Å². The number of rotatable bonds is 12. The maximum absolute atomic E-state index is 11.6. The Hall–Kier alpha value is -8.46. The van der Waals surface area contributed by atoms with Crippen molar-refractivity contribution in [3.8, 4) is 0 Å². The van der Waals surface area contributed by atoms with Crippen molar-refractivity contribution < 1.29 is 28.8 Å². The average molecular weight is 940 g/mol. The molecule has 6 aromatic rings. The fraction of sp³-hybridized carbons (Fsp3) is 0.236. The first-order chi connectivity index (χ1) is 33.7. The first-order valence-corrected chi connectivity index (χ1v) is 23.3. The van der Waals surface area contributed by atoms with Gasteiger partial charge in [0.05, 0.1) is 0 Å². The predicted molar refractivity (Wildman–Crippen MR) is 271 cm³/mol. The molecule has 358 valence electrons. The molecule has 0 spiro atoms. The molecule has 4 aliphatic rings. The number of nitrogens with one attached hydrogen (secondary N) is 2. The number of benzene rings is 6. The Morgan fingerprint density at radius 1 is 0.500 bits per heavy atom. The molecule has 10 N–H and O–H groups in total. The lowest BCUT2D eigenvalue weighted by molar-refractivity contribution is -0.119. The highest BCUT2D eigenvalue weighted by Gasteiger charge is 2.25. The Balaban J connectivity index is 0.000000142. The quantitative estimate of drug-likeness (QED) is 0.0955. The fourth-order valence-electron chi connectivity index (χ4n) is 9.44. The molecule has 6 amide bonds. The summed E-state index contributed by atoms with van der Waals surface area (Å²) in [4.78, 5) is 74.7. The predicted octanol–water partition coefficient (Wildman–Crippen LogP) is 5.11. The molecule has 1 unspecified atom stereocenters. The van der Waals surface area contributed by atoms with Crippen LogP contribution >= 0.6 is 0 Å². The van der Waals surface area contributed by atoms with Gasteiger partial charge in [-0.25, -0.2) is 0 Å². The van der Waals surface area contributed by atoms with Crippen LogP contribution in [0.15, 0.2) is 127 Å². The van der Waals surface area contributed by atoms with E-state index in [1.54, 1.807) is 37.4 Å². The van der Waals surface area contributed by atoms with Crippen LogP contribution < -0.4 is 48.3 Å². The summed E-state index contributed by atoms with van der Waals surface area (Å²) in [6.45, 7) is 5.86. The fourth-order valence-corrected chi connectivity index (χ4v) is 9.44. The number of hydrogen-bond donors (Lipinski definition) is 6. The third-order valence-corrected chi connectivity index (χ3v) is 13.3. The molecule has 1 fully saturated rings. The van der Waals surface area contributed by atoms with Crippen LogP contribution in [0.4, 0.5) is 17.1 Å². The average Bonchev–Trinajstić information content (AvgIpc) is 4.18. The van der Waals surface area contributed by atoms with E-state index in [1.807, 2.05) is 72.8 Å². The Bertz CT molecular complexity index is 2960. The van der Waals surface area contributed by atoms with Crippen LogP contribution in [0.3, 0.4) is 0 Å². The molecule has 6 aromatic carbocycles. The van der Waals surface area contributed by atoms with Crippen LogP contribution in [0.1, 0.15) is 103 Å². The van der Waals surface area contributed by atoms with E-state index in [4.69, 9.17) is 22.9 Å². The monoisotopic (exact) mass is 939 g/mol. The highest BCUT2D eigenvalue weighted by molar-refractivity contribution is 5.96. The van der Waals surface area contributed by atoms with Crippen molar-refractivity contribution in [3.63, 3.8) is 0 Å². The van der Waals surface area contributed by atoms with Gasteiger partial charge in [0, 0.05) is 110 Å². The summed E-state index contributed by atoms with van der Waals surface area (Å²) in [7, 11) is 1.62. The van der Waals surface area contributed by atoms with Crippen LogP contribution in [-0.2, 0) is 43.7 Å². The van der Waals surface area contributed by atoms with Crippen LogP contribution in [0, 0.1) is 0 Å². The maximum atomic E-state index is 11.6. The zero-order valence-corrected chi connectivity index (χ0v) is 39.1. The molecule has 10 rings (SSSR count). The highest BCUT2D eigenvalue weighted by Crippen LogP contribution is 2.33. The van der Waals surface area contributed by atoms with Gasteiger partial charge >= 0.3 is 0 Å². The van der Waals surface area contributed by atoms with Gasteiger partial charge in [0.25, 0.3) is 5.91 Å². The Kier molecular flexibility index (Phi) is 14.6. The molecular formula is C55H57N9O6. The number of hydrogen-bond acceptors (Lipinski definition) is 9. The topological polar surface area (TPSA) is 240 Å². The molecule has 15 heteroatoms. The van der Waals surface area contributed by atoms with Gasteiger partial charge in [-0.05, 0) is 137 Å². The summed E-state index contributed by atoms with van der Waals surface area (Å²) in [5.74, 6) is -1.24. The van der Waals surface area contributed by atoms with E-state index < -0.39 is 17.7 Å². The second kappa shape index (κ2) is 21.2. The van der Waals surface area contributed by atoms with Crippen LogP contribution in [0.25, 0.3) is 0 Å². The standard InChI is InChI=1S/C20H21N3O2.C18H19N3O2.C17H17N3O2/c21-20(25)16-5-6-18-15(9-16)7-8-23(18)12-13-1-3-14(4-2-13)17-10-19(24)22-11-17;1-20-18(23)13-4-2-12(3-5-13)11-21-9-8-14-10-15(17(19)22)6-7-16(14)21;18-16(21)12-3-1-11(2-4-12)10-20-8-7-13-9-14(17(19)22)5-6-15(13)20/h1-6,9,17H,7-8,10-12H2,(H2,21,25)(H,22,24);2-7,10H,8-9,11H2,1H3,(H2,19,22)(H,20,23);1-6,9H,7-8,10H2,(H2,18,21)(H2,19,22). The number of anilines is 3. The van der Waals surface area contributed by atoms with E-state index in [0.717, 1.165) is 98.7 Å². The minimum absolute atomic E-state index is 0.0814. The lowest BCUT2D eigenvalue weighted by atomic mass is 9.97. The molecule has 0 aliphatic carbocycles. The first kappa shape index (κ1) is 48.0. The van der Waals surface area contributed by atoms with Crippen LogP contribution in [-0.4, -0.2) is 68.7 Å². The highest BCUT2D eigenvalue weighted by atomic mass is 16.2. The SMILES string of the molecule is CNC(=O)c1ccc(CN2CCc3cc(C(N)=O)ccc32)cc1.NC(=O)c1ccc(CN2CCc3cc(C(N)=O)ccc32)cc1.NC(=O)c1ccc2c(c1)CCN2Cc1ccc(C2CNC(=O)C2)cc1. The second-order valence-corrected chi connectivity index (χ2v) is 17.9. The third-order valence-electron chi connectivity index (χ3n) is 13.3. The van der Waals surface area contributed by atoms with Gasteiger partial charge in [0.1, 0.15) is 0 Å². The Morgan fingerprint density at radius 2 is 0.843 bits per heavy atom. The number of carbonyl (C=O) groups is 6. The lowest BCUT2D eigenvalue weighted by Gasteiger charge is -2.20. The summed E-state index contributed by atoms with van der Waals surface area (Å²) < 4.78 is 0. The molecular weight excluding hydrogens is 883 g/mol. The second-order valence-electron chi connectivity index (χ2n) is 17.9. The van der Waals surface area contributed by atoms with Crippen molar-refractivity contribution in [2.24, 2.45) is 22.9 Å². The Morgan fingerprint density at radius 3 is 1.17 bits per heavy atom. The molecule has 70 heavy (non-hydrogen) atoms. The van der Waals surface area contributed by atoms with Crippen molar-refractivity contribution >= 4 is 52.5 Å². The third kappa shape index (κ3) is 11.3. The number of primary amides is 4. The van der Waals surface area contributed by atoms with Gasteiger partial charge in [-0.2, -0.15) is 0 Å². The van der Waals surface area contributed by atoms with Gasteiger partial charge in [-0.15, -0.1) is 0 Å². The molecule has 0 saturated carbocycles. The first-order valence-electron chi connectivity index (χ1n) is 23.3. The van der Waals surface area contributed by atoms with Crippen molar-refractivity contribution in [3.05, 3.63) is 194 Å². The van der Waals surface area contributed by atoms with E-state index in [-0.39, 0.29) is 17.7 Å². The number of fused-ring (bicyclic) bond motifs is 3. The van der Waals surface area contributed by atoms with Crippen molar-refractivity contribution in [1.29, 1.82) is 0 Å². The summed E-state index contributed by atoms with van der Waals surface area (Å²) >= 11 is 0. The van der Waals surface area contributed by atoms with Crippen LogP contribution in [0.5, 0.6) is 0 Å². The number of carbonyl (C=O) groups excluding carboxylic acids is 6. The minimum atomic E-state index is -0.419. The normalized spacial score (nSPS) is 15.1. The molecule has 0 bridgehead atoms. The summed E-state index contributed by atoms with van der Waals surface area (Å²) in [6.07, 6.45) is 3.33. The van der Waals surface area contributed by atoms with E-state index in [9.17, 15) is 28.8 Å². The molecule has 0 radical (unpaired) electrons. The van der Waals surface area contributed by atoms with E-state index >= 15 is 0 Å². The molecule has 15 nitrogen and oxygen atoms in total. The molecule has 0 aromatic heterocycles. The summed E-state index contributed by atoms with van der Waals surface area (Å²) in [5.41, 5.74) is 35.7. The number of nitrogens with two attached hydrogens (primary N) is 4. The van der Waals surface area contributed by atoms with Gasteiger partial charge in [0.2, 0.25) is 29.5 Å². The van der Waals surface area contributed by atoms with Gasteiger partial charge in [0.15, 0.2) is 0 Å². The molecule has 1 atom stereocenters.